The van der Waals surface area contributed by atoms with Gasteiger partial charge in [-0.05, 0) is 25.8 Å². The Morgan fingerprint density at radius 1 is 1.42 bits per heavy atom. The lowest BCUT2D eigenvalue weighted by Gasteiger charge is -2.15. The lowest BCUT2D eigenvalue weighted by molar-refractivity contribution is -0.119. The summed E-state index contributed by atoms with van der Waals surface area (Å²) in [7, 11) is 1.89. The zero-order valence-electron chi connectivity index (χ0n) is 13.4. The number of hydrogen-bond donors (Lipinski definition) is 1. The van der Waals surface area contributed by atoms with Crippen LogP contribution in [0.2, 0.25) is 0 Å². The van der Waals surface area contributed by atoms with E-state index in [-0.39, 0.29) is 17.2 Å². The van der Waals surface area contributed by atoms with E-state index in [1.807, 2.05) is 11.6 Å². The molecule has 24 heavy (non-hydrogen) atoms. The predicted molar refractivity (Wildman–Crippen MR) is 86.6 cm³/mol. The summed E-state index contributed by atoms with van der Waals surface area (Å²) in [5, 5.41) is 11.7. The smallest absolute Gasteiger partial charge is 0.230 e. The minimum absolute atomic E-state index is 0.157. The van der Waals surface area contributed by atoms with Crippen LogP contribution in [0.15, 0.2) is 23.4 Å². The molecule has 3 rings (SSSR count). The molecule has 0 saturated heterocycles. The highest BCUT2D eigenvalue weighted by molar-refractivity contribution is 7.99. The fraction of sp³-hybridized carbons (Fsp3) is 0.438. The standard InChI is InChI=1S/C16H18F2N4OS/c1-9(12-6-5-11(17)7-13(12)18)19-14(23)8-24-16-21-20-15(22(16)2)10-3-4-10/h5-7,9-10H,3-4,8H2,1-2H3,(H,19,23)/t9-/m0/s1. The third-order valence-electron chi connectivity index (χ3n) is 3.95. The minimum Gasteiger partial charge on any atom is -0.349 e. The number of nitrogens with one attached hydrogen (secondary N) is 1. The summed E-state index contributed by atoms with van der Waals surface area (Å²) in [6.45, 7) is 1.66. The lowest BCUT2D eigenvalue weighted by atomic mass is 10.1. The Morgan fingerprint density at radius 3 is 2.83 bits per heavy atom. The molecule has 1 fully saturated rings. The first kappa shape index (κ1) is 16.9. The second-order valence-corrected chi connectivity index (χ2v) is 6.86. The molecular formula is C16H18F2N4OS. The van der Waals surface area contributed by atoms with Crippen LogP contribution in [-0.4, -0.2) is 26.4 Å². The largest absolute Gasteiger partial charge is 0.349 e. The summed E-state index contributed by atoms with van der Waals surface area (Å²) in [5.41, 5.74) is 0.254. The highest BCUT2D eigenvalue weighted by Gasteiger charge is 2.29. The third kappa shape index (κ3) is 3.75. The molecule has 1 aliphatic rings. The fourth-order valence-electron chi connectivity index (χ4n) is 2.49. The molecule has 1 amide bonds. The topological polar surface area (TPSA) is 59.8 Å². The van der Waals surface area contributed by atoms with Crippen LogP contribution >= 0.6 is 11.8 Å². The molecule has 128 valence electrons. The number of carbonyl (C=O) groups excluding carboxylic acids is 1. The van der Waals surface area contributed by atoms with E-state index in [2.05, 4.69) is 15.5 Å². The van der Waals surface area contributed by atoms with Crippen LogP contribution < -0.4 is 5.32 Å². The number of nitrogens with zero attached hydrogens (tertiary/aromatic N) is 3. The number of rotatable bonds is 6. The van der Waals surface area contributed by atoms with Crippen LogP contribution in [0.5, 0.6) is 0 Å². The normalized spacial score (nSPS) is 15.3. The van der Waals surface area contributed by atoms with Crippen LogP contribution in [0.3, 0.4) is 0 Å². The number of halogens is 2. The van der Waals surface area contributed by atoms with Crippen LogP contribution in [0.4, 0.5) is 8.78 Å². The monoisotopic (exact) mass is 352 g/mol. The van der Waals surface area contributed by atoms with Crippen molar-refractivity contribution in [2.24, 2.45) is 7.05 Å². The number of carbonyl (C=O) groups is 1. The molecule has 0 bridgehead atoms. The van der Waals surface area contributed by atoms with Crippen molar-refractivity contribution >= 4 is 17.7 Å². The van der Waals surface area contributed by atoms with Crippen molar-refractivity contribution in [3.8, 4) is 0 Å². The van der Waals surface area contributed by atoms with Crippen molar-refractivity contribution in [2.45, 2.75) is 36.9 Å². The first-order valence-electron chi connectivity index (χ1n) is 7.72. The van der Waals surface area contributed by atoms with Crippen molar-refractivity contribution in [2.75, 3.05) is 5.75 Å². The Bertz CT molecular complexity index is 761. The van der Waals surface area contributed by atoms with Crippen molar-refractivity contribution in [3.05, 3.63) is 41.2 Å². The Kier molecular flexibility index (Phi) is 4.84. The van der Waals surface area contributed by atoms with Gasteiger partial charge in [-0.1, -0.05) is 17.8 Å². The second kappa shape index (κ2) is 6.88. The van der Waals surface area contributed by atoms with Gasteiger partial charge in [-0.25, -0.2) is 8.78 Å². The molecule has 5 nitrogen and oxygen atoms in total. The summed E-state index contributed by atoms with van der Waals surface area (Å²) in [4.78, 5) is 12.1. The van der Waals surface area contributed by atoms with Crippen molar-refractivity contribution in [3.63, 3.8) is 0 Å². The van der Waals surface area contributed by atoms with E-state index in [4.69, 9.17) is 0 Å². The molecule has 0 unspecified atom stereocenters. The average Bonchev–Trinajstić information content (AvgIpc) is 3.29. The third-order valence-corrected chi connectivity index (χ3v) is 4.97. The van der Waals surface area contributed by atoms with Crippen LogP contribution in [0.25, 0.3) is 0 Å². The predicted octanol–water partition coefficient (Wildman–Crippen LogP) is 2.94. The Morgan fingerprint density at radius 2 is 2.17 bits per heavy atom. The van der Waals surface area contributed by atoms with Gasteiger partial charge >= 0.3 is 0 Å². The molecule has 2 aromatic rings. The summed E-state index contributed by atoms with van der Waals surface area (Å²) < 4.78 is 28.6. The van der Waals surface area contributed by atoms with Gasteiger partial charge < -0.3 is 9.88 Å². The molecule has 1 aromatic heterocycles. The minimum atomic E-state index is -0.669. The number of amides is 1. The summed E-state index contributed by atoms with van der Waals surface area (Å²) in [6, 6.07) is 2.79. The van der Waals surface area contributed by atoms with Gasteiger partial charge in [0, 0.05) is 24.6 Å². The SMILES string of the molecule is C[C@H](NC(=O)CSc1nnc(C2CC2)n1C)c1ccc(F)cc1F. The number of hydrogen-bond acceptors (Lipinski definition) is 4. The quantitative estimate of drug-likeness (QED) is 0.812. The fourth-order valence-corrected chi connectivity index (χ4v) is 3.22. The molecule has 1 aromatic carbocycles. The first-order valence-corrected chi connectivity index (χ1v) is 8.70. The van der Waals surface area contributed by atoms with Gasteiger partial charge in [0.05, 0.1) is 11.8 Å². The maximum atomic E-state index is 13.7. The van der Waals surface area contributed by atoms with Crippen LogP contribution in [-0.2, 0) is 11.8 Å². The second-order valence-electron chi connectivity index (χ2n) is 5.92. The molecule has 0 spiro atoms. The Balaban J connectivity index is 1.55. The highest BCUT2D eigenvalue weighted by Crippen LogP contribution is 2.39. The Labute approximate surface area is 142 Å². The zero-order chi connectivity index (χ0) is 17.3. The summed E-state index contributed by atoms with van der Waals surface area (Å²) in [6.07, 6.45) is 2.27. The molecule has 8 heteroatoms. The van der Waals surface area contributed by atoms with Crippen LogP contribution in [0.1, 0.15) is 43.1 Å². The maximum absolute atomic E-state index is 13.7. The van der Waals surface area contributed by atoms with E-state index in [9.17, 15) is 13.6 Å². The lowest BCUT2D eigenvalue weighted by Crippen LogP contribution is -2.28. The van der Waals surface area contributed by atoms with Gasteiger partial charge in [0.25, 0.3) is 0 Å². The molecule has 1 N–H and O–H groups in total. The van der Waals surface area contributed by atoms with Gasteiger partial charge in [-0.3, -0.25) is 4.79 Å². The molecule has 0 radical (unpaired) electrons. The molecule has 1 aliphatic carbocycles. The van der Waals surface area contributed by atoms with Crippen molar-refractivity contribution in [1.29, 1.82) is 0 Å². The average molecular weight is 352 g/mol. The number of benzene rings is 1. The van der Waals surface area contributed by atoms with Crippen molar-refractivity contribution < 1.29 is 13.6 Å². The molecular weight excluding hydrogens is 334 g/mol. The van der Waals surface area contributed by atoms with E-state index in [1.165, 1.54) is 23.9 Å². The van der Waals surface area contributed by atoms with Crippen molar-refractivity contribution in [1.82, 2.24) is 20.1 Å². The van der Waals surface area contributed by atoms with Gasteiger partial charge in [-0.15, -0.1) is 10.2 Å². The maximum Gasteiger partial charge on any atom is 0.230 e. The molecule has 1 atom stereocenters. The highest BCUT2D eigenvalue weighted by atomic mass is 32.2. The number of aromatic nitrogens is 3. The van der Waals surface area contributed by atoms with E-state index in [0.717, 1.165) is 24.7 Å². The first-order chi connectivity index (χ1) is 11.5. The number of thioether (sulfide) groups is 1. The molecule has 0 aliphatic heterocycles. The summed E-state index contributed by atoms with van der Waals surface area (Å²) in [5.74, 6) is 0.0555. The van der Waals surface area contributed by atoms with E-state index in [0.29, 0.717) is 11.1 Å². The van der Waals surface area contributed by atoms with Gasteiger partial charge in [0.2, 0.25) is 5.91 Å². The van der Waals surface area contributed by atoms with Gasteiger partial charge in [0.15, 0.2) is 5.16 Å². The zero-order valence-corrected chi connectivity index (χ0v) is 14.2. The van der Waals surface area contributed by atoms with E-state index >= 15 is 0 Å². The van der Waals surface area contributed by atoms with Gasteiger partial charge in [-0.2, -0.15) is 0 Å². The van der Waals surface area contributed by atoms with Gasteiger partial charge in [0.1, 0.15) is 17.5 Å². The molecule has 1 saturated carbocycles. The summed E-state index contributed by atoms with van der Waals surface area (Å²) >= 11 is 1.29. The van der Waals surface area contributed by atoms with E-state index < -0.39 is 17.7 Å². The molecule has 1 heterocycles. The van der Waals surface area contributed by atoms with E-state index in [1.54, 1.807) is 6.92 Å². The Hall–Kier alpha value is -1.96. The van der Waals surface area contributed by atoms with Crippen LogP contribution in [0, 0.1) is 11.6 Å².